The van der Waals surface area contributed by atoms with Gasteiger partial charge in [0.15, 0.2) is 0 Å². The Hall–Kier alpha value is -8.32. The Bertz CT molecular complexity index is 4090. The van der Waals surface area contributed by atoms with Crippen LogP contribution in [0.15, 0.2) is 218 Å². The molecular weight excluding hydrogens is 805 g/mol. The van der Waals surface area contributed by atoms with Crippen molar-refractivity contribution in [2.45, 2.75) is 19.3 Å². The van der Waals surface area contributed by atoms with Gasteiger partial charge in [-0.3, -0.25) is 0 Å². The molecule has 3 aliphatic rings. The summed E-state index contributed by atoms with van der Waals surface area (Å²) in [5.74, 6) is 0. The molecule has 0 radical (unpaired) electrons. The Morgan fingerprint density at radius 2 is 0.597 bits per heavy atom. The van der Waals surface area contributed by atoms with E-state index in [2.05, 4.69) is 232 Å². The molecule has 0 N–H and O–H groups in total. The Morgan fingerprint density at radius 1 is 0.224 bits per heavy atom. The largest absolute Gasteiger partial charge is 0.0622 e. The summed E-state index contributed by atoms with van der Waals surface area (Å²) in [5.41, 5.74) is 25.9. The zero-order valence-electron chi connectivity index (χ0n) is 37.3. The van der Waals surface area contributed by atoms with Crippen LogP contribution in [0.25, 0.3) is 143 Å². The molecular formula is C67H42. The van der Waals surface area contributed by atoms with Crippen molar-refractivity contribution >= 4 is 43.1 Å². The highest BCUT2D eigenvalue weighted by Crippen LogP contribution is 2.57. The van der Waals surface area contributed by atoms with Gasteiger partial charge < -0.3 is 0 Å². The number of hydrogen-bond donors (Lipinski definition) is 0. The van der Waals surface area contributed by atoms with E-state index in [1.165, 1.54) is 154 Å². The third kappa shape index (κ3) is 4.97. The number of rotatable bonds is 4. The molecule has 0 aromatic heterocycles. The highest BCUT2D eigenvalue weighted by Gasteiger charge is 2.37. The standard InChI is InChI=1S/C67H42/c1-67(2)61-36-42(41-28-26-40(27-29-41)39-14-4-3-5-15-39)30-31-47(61)58-37-59-60(38-62(58)67)66(57-35-33-55-46-19-9-7-17-44(46)49-23-13-25-53(57)64(49)55)51-21-11-10-20-50(51)65(59)56-34-32-54-45-18-8-6-16-43(45)48-22-12-24-52(56)63(48)54/h3-38H,1-2H3. The zero-order valence-corrected chi connectivity index (χ0v) is 37.3. The molecule has 0 unspecified atom stereocenters. The van der Waals surface area contributed by atoms with Gasteiger partial charge in [0.2, 0.25) is 0 Å². The van der Waals surface area contributed by atoms with Gasteiger partial charge >= 0.3 is 0 Å². The fraction of sp³-hybridized carbons (Fsp3) is 0.0448. The van der Waals surface area contributed by atoms with Crippen molar-refractivity contribution in [3.8, 4) is 100 Å². The molecule has 0 saturated carbocycles. The van der Waals surface area contributed by atoms with Crippen LogP contribution in [0.3, 0.4) is 0 Å². The van der Waals surface area contributed by atoms with Gasteiger partial charge in [-0.1, -0.05) is 214 Å². The maximum absolute atomic E-state index is 2.60. The van der Waals surface area contributed by atoms with E-state index >= 15 is 0 Å². The van der Waals surface area contributed by atoms with Gasteiger partial charge in [-0.15, -0.1) is 0 Å². The summed E-state index contributed by atoms with van der Waals surface area (Å²) < 4.78 is 0. The lowest BCUT2D eigenvalue weighted by Gasteiger charge is -2.25. The molecule has 0 heteroatoms. The van der Waals surface area contributed by atoms with Crippen LogP contribution < -0.4 is 0 Å². The Balaban J connectivity index is 1.02. The van der Waals surface area contributed by atoms with Crippen molar-refractivity contribution in [1.29, 1.82) is 0 Å². The lowest BCUT2D eigenvalue weighted by molar-refractivity contribution is 0.661. The smallest absolute Gasteiger partial charge is 0.0159 e. The summed E-state index contributed by atoms with van der Waals surface area (Å²) in [5, 5.41) is 10.5. The quantitative estimate of drug-likeness (QED) is 0.155. The molecule has 0 aliphatic heterocycles. The van der Waals surface area contributed by atoms with Crippen LogP contribution in [-0.2, 0) is 5.41 Å². The molecule has 3 aliphatic carbocycles. The van der Waals surface area contributed by atoms with Crippen LogP contribution >= 0.6 is 0 Å². The van der Waals surface area contributed by atoms with Gasteiger partial charge in [-0.05, 0) is 173 Å². The van der Waals surface area contributed by atoms with Crippen molar-refractivity contribution < 1.29 is 0 Å². The number of hydrogen-bond acceptors (Lipinski definition) is 0. The third-order valence-electron chi connectivity index (χ3n) is 15.8. The second kappa shape index (κ2) is 13.4. The highest BCUT2D eigenvalue weighted by molar-refractivity contribution is 6.29. The molecule has 310 valence electrons. The van der Waals surface area contributed by atoms with Crippen molar-refractivity contribution in [3.05, 3.63) is 230 Å². The van der Waals surface area contributed by atoms with Crippen LogP contribution in [0.2, 0.25) is 0 Å². The minimum Gasteiger partial charge on any atom is -0.0622 e. The number of fused-ring (bicyclic) bond motifs is 11. The molecule has 0 bridgehead atoms. The molecule has 0 atom stereocenters. The summed E-state index contributed by atoms with van der Waals surface area (Å²) in [6.45, 7) is 4.87. The van der Waals surface area contributed by atoms with Crippen LogP contribution in [0.5, 0.6) is 0 Å². The molecule has 67 heavy (non-hydrogen) atoms. The van der Waals surface area contributed by atoms with E-state index in [9.17, 15) is 0 Å². The Labute approximate surface area is 390 Å². The van der Waals surface area contributed by atoms with Gasteiger partial charge in [0.05, 0.1) is 0 Å². The first kappa shape index (κ1) is 37.0. The van der Waals surface area contributed by atoms with Crippen LogP contribution in [0.4, 0.5) is 0 Å². The molecule has 12 aromatic rings. The predicted molar refractivity (Wildman–Crippen MR) is 285 cm³/mol. The molecule has 15 rings (SSSR count). The lowest BCUT2D eigenvalue weighted by atomic mass is 9.78. The first-order chi connectivity index (χ1) is 33.0. The molecule has 0 heterocycles. The summed E-state index contributed by atoms with van der Waals surface area (Å²) >= 11 is 0. The van der Waals surface area contributed by atoms with Gasteiger partial charge in [-0.2, -0.15) is 0 Å². The van der Waals surface area contributed by atoms with E-state index in [4.69, 9.17) is 0 Å². The van der Waals surface area contributed by atoms with E-state index in [-0.39, 0.29) is 5.41 Å². The van der Waals surface area contributed by atoms with E-state index < -0.39 is 0 Å². The summed E-state index contributed by atoms with van der Waals surface area (Å²) in [6, 6.07) is 82.7. The molecule has 0 spiro atoms. The molecule has 12 aromatic carbocycles. The van der Waals surface area contributed by atoms with Crippen molar-refractivity contribution in [2.24, 2.45) is 0 Å². The van der Waals surface area contributed by atoms with Crippen molar-refractivity contribution in [2.75, 3.05) is 0 Å². The summed E-state index contributed by atoms with van der Waals surface area (Å²) in [7, 11) is 0. The molecule has 0 saturated heterocycles. The maximum atomic E-state index is 2.60. The maximum Gasteiger partial charge on any atom is 0.0159 e. The van der Waals surface area contributed by atoms with Crippen LogP contribution in [0, 0.1) is 0 Å². The average molecular weight is 847 g/mol. The second-order valence-electron chi connectivity index (χ2n) is 19.4. The van der Waals surface area contributed by atoms with Gasteiger partial charge in [0.1, 0.15) is 0 Å². The first-order valence-corrected chi connectivity index (χ1v) is 23.7. The summed E-state index contributed by atoms with van der Waals surface area (Å²) in [4.78, 5) is 0. The van der Waals surface area contributed by atoms with Crippen molar-refractivity contribution in [1.82, 2.24) is 0 Å². The SMILES string of the molecule is CC1(C)c2cc(-c3ccc(-c4ccccc4)cc3)ccc2-c2cc3c(-c4ccc5c6c(cccc46)-c4ccccc4-5)c4ccccc4c(-c4ccc5c6c(cccc46)-c4ccccc4-5)c3cc21. The lowest BCUT2D eigenvalue weighted by Crippen LogP contribution is -2.15. The fourth-order valence-corrected chi connectivity index (χ4v) is 12.7. The van der Waals surface area contributed by atoms with E-state index in [0.717, 1.165) is 0 Å². The molecule has 0 fully saturated rings. The fourth-order valence-electron chi connectivity index (χ4n) is 12.7. The zero-order chi connectivity index (χ0) is 44.1. The van der Waals surface area contributed by atoms with Gasteiger partial charge in [0.25, 0.3) is 0 Å². The Morgan fingerprint density at radius 3 is 1.15 bits per heavy atom. The molecule has 0 amide bonds. The Kier molecular flexibility index (Phi) is 7.38. The first-order valence-electron chi connectivity index (χ1n) is 23.7. The van der Waals surface area contributed by atoms with Gasteiger partial charge in [0, 0.05) is 5.41 Å². The second-order valence-corrected chi connectivity index (χ2v) is 19.4. The van der Waals surface area contributed by atoms with E-state index in [1.54, 1.807) is 0 Å². The van der Waals surface area contributed by atoms with E-state index in [0.29, 0.717) is 0 Å². The monoisotopic (exact) mass is 846 g/mol. The summed E-state index contributed by atoms with van der Waals surface area (Å²) in [6.07, 6.45) is 0. The average Bonchev–Trinajstić information content (AvgIpc) is 3.97. The van der Waals surface area contributed by atoms with Crippen molar-refractivity contribution in [3.63, 3.8) is 0 Å². The third-order valence-corrected chi connectivity index (χ3v) is 15.8. The topological polar surface area (TPSA) is 0 Å². The number of benzene rings is 12. The minimum atomic E-state index is -0.237. The normalized spacial score (nSPS) is 13.3. The minimum absolute atomic E-state index is 0.237. The van der Waals surface area contributed by atoms with Crippen LogP contribution in [-0.4, -0.2) is 0 Å². The molecule has 0 nitrogen and oxygen atoms in total. The van der Waals surface area contributed by atoms with Crippen LogP contribution in [0.1, 0.15) is 25.0 Å². The van der Waals surface area contributed by atoms with Gasteiger partial charge in [-0.25, -0.2) is 0 Å². The van der Waals surface area contributed by atoms with E-state index in [1.807, 2.05) is 0 Å². The highest BCUT2D eigenvalue weighted by atomic mass is 14.4. The predicted octanol–water partition coefficient (Wildman–Crippen LogP) is 18.6.